The van der Waals surface area contributed by atoms with Crippen molar-refractivity contribution < 1.29 is 9.63 Å². The first kappa shape index (κ1) is 11.6. The van der Waals surface area contributed by atoms with E-state index in [0.29, 0.717) is 13.2 Å². The summed E-state index contributed by atoms with van der Waals surface area (Å²) in [5.41, 5.74) is 0. The van der Waals surface area contributed by atoms with E-state index in [2.05, 4.69) is 19.7 Å². The maximum atomic E-state index is 11.3. The molecule has 0 aromatic carbocycles. The van der Waals surface area contributed by atoms with Crippen LogP contribution in [0.5, 0.6) is 0 Å². The third-order valence-corrected chi connectivity index (χ3v) is 1.24. The number of hydroxylamine groups is 2. The largest absolute Gasteiger partial charge is 0.272 e. The van der Waals surface area contributed by atoms with E-state index in [4.69, 9.17) is 4.84 Å². The summed E-state index contributed by atoms with van der Waals surface area (Å²) in [5, 5.41) is 1.25. The van der Waals surface area contributed by atoms with E-state index < -0.39 is 0 Å². The quantitative estimate of drug-likeness (QED) is 0.442. The van der Waals surface area contributed by atoms with Crippen molar-refractivity contribution in [2.45, 2.75) is 6.42 Å². The molecule has 0 N–H and O–H groups in total. The third-order valence-electron chi connectivity index (χ3n) is 1.24. The summed E-state index contributed by atoms with van der Waals surface area (Å²) >= 11 is 0. The molecule has 0 aromatic heterocycles. The van der Waals surface area contributed by atoms with Crippen LogP contribution in [0.4, 0.5) is 0 Å². The van der Waals surface area contributed by atoms with E-state index in [-0.39, 0.29) is 12.3 Å². The van der Waals surface area contributed by atoms with Gasteiger partial charge in [-0.1, -0.05) is 18.2 Å². The van der Waals surface area contributed by atoms with E-state index in [1.807, 2.05) is 0 Å². The molecule has 0 radical (unpaired) electrons. The maximum Gasteiger partial charge on any atom is 0.250 e. The first-order chi connectivity index (χ1) is 6.26. The van der Waals surface area contributed by atoms with Crippen molar-refractivity contribution in [3.63, 3.8) is 0 Å². The molecule has 72 valence electrons. The fraction of sp³-hybridized carbons (Fsp3) is 0.300. The first-order valence-electron chi connectivity index (χ1n) is 4.02. The standard InChI is InChI=1S/C10H15NO2/c1-4-7-10(12)11(8-5-2)13-9-6-3/h4-6H,1-3,7-9H2. The van der Waals surface area contributed by atoms with Gasteiger partial charge in [-0.05, 0) is 0 Å². The first-order valence-corrected chi connectivity index (χ1v) is 4.02. The van der Waals surface area contributed by atoms with Gasteiger partial charge in [0.25, 0.3) is 0 Å². The maximum absolute atomic E-state index is 11.3. The lowest BCUT2D eigenvalue weighted by atomic mass is 10.4. The van der Waals surface area contributed by atoms with Crippen LogP contribution in [-0.2, 0) is 9.63 Å². The Morgan fingerprint density at radius 2 is 1.92 bits per heavy atom. The van der Waals surface area contributed by atoms with E-state index in [0.717, 1.165) is 0 Å². The molecule has 0 rings (SSSR count). The lowest BCUT2D eigenvalue weighted by Crippen LogP contribution is -2.30. The third kappa shape index (κ3) is 4.98. The van der Waals surface area contributed by atoms with E-state index >= 15 is 0 Å². The molecule has 0 aromatic rings. The van der Waals surface area contributed by atoms with Gasteiger partial charge in [0.05, 0.1) is 13.2 Å². The summed E-state index contributed by atoms with van der Waals surface area (Å²) in [6, 6.07) is 0. The SMILES string of the molecule is C=CCON(CC=C)C(=O)CC=C. The molecule has 0 saturated carbocycles. The van der Waals surface area contributed by atoms with Crippen LogP contribution in [0.15, 0.2) is 38.0 Å². The van der Waals surface area contributed by atoms with Crippen molar-refractivity contribution in [3.8, 4) is 0 Å². The van der Waals surface area contributed by atoms with Gasteiger partial charge in [0.1, 0.15) is 0 Å². The normalized spacial score (nSPS) is 8.92. The highest BCUT2D eigenvalue weighted by atomic mass is 16.7. The monoisotopic (exact) mass is 181 g/mol. The van der Waals surface area contributed by atoms with Gasteiger partial charge in [0, 0.05) is 6.42 Å². The highest BCUT2D eigenvalue weighted by Crippen LogP contribution is 1.97. The Labute approximate surface area is 78.9 Å². The van der Waals surface area contributed by atoms with Crippen molar-refractivity contribution >= 4 is 5.91 Å². The molecule has 0 heterocycles. The van der Waals surface area contributed by atoms with Crippen LogP contribution in [0.1, 0.15) is 6.42 Å². The Kier molecular flexibility index (Phi) is 6.55. The van der Waals surface area contributed by atoms with Crippen LogP contribution in [0.25, 0.3) is 0 Å². The highest BCUT2D eigenvalue weighted by molar-refractivity contribution is 5.76. The van der Waals surface area contributed by atoms with Crippen molar-refractivity contribution in [1.29, 1.82) is 0 Å². The molecule has 3 nitrogen and oxygen atoms in total. The predicted molar refractivity (Wildman–Crippen MR) is 52.9 cm³/mol. The number of nitrogens with zero attached hydrogens (tertiary/aromatic N) is 1. The van der Waals surface area contributed by atoms with Gasteiger partial charge in [-0.3, -0.25) is 9.63 Å². The Bertz CT molecular complexity index is 199. The second-order valence-corrected chi connectivity index (χ2v) is 2.32. The zero-order chi connectivity index (χ0) is 10.1. The second-order valence-electron chi connectivity index (χ2n) is 2.32. The van der Waals surface area contributed by atoms with Crippen molar-refractivity contribution in [3.05, 3.63) is 38.0 Å². The summed E-state index contributed by atoms with van der Waals surface area (Å²) in [5.74, 6) is -0.128. The molecule has 0 unspecified atom stereocenters. The second kappa shape index (κ2) is 7.31. The van der Waals surface area contributed by atoms with Crippen LogP contribution < -0.4 is 0 Å². The van der Waals surface area contributed by atoms with Gasteiger partial charge in [-0.25, -0.2) is 5.06 Å². The molecule has 0 saturated heterocycles. The van der Waals surface area contributed by atoms with E-state index in [9.17, 15) is 4.79 Å². The molecule has 0 bridgehead atoms. The highest BCUT2D eigenvalue weighted by Gasteiger charge is 2.09. The smallest absolute Gasteiger partial charge is 0.250 e. The minimum atomic E-state index is -0.128. The minimum Gasteiger partial charge on any atom is -0.272 e. The van der Waals surface area contributed by atoms with E-state index in [1.165, 1.54) is 11.1 Å². The number of carbonyl (C=O) groups excluding carboxylic acids is 1. The minimum absolute atomic E-state index is 0.128. The van der Waals surface area contributed by atoms with Gasteiger partial charge < -0.3 is 0 Å². The van der Waals surface area contributed by atoms with Gasteiger partial charge >= 0.3 is 0 Å². The molecule has 0 fully saturated rings. The molecule has 1 amide bonds. The summed E-state index contributed by atoms with van der Waals surface area (Å²) in [4.78, 5) is 16.4. The topological polar surface area (TPSA) is 29.5 Å². The molecule has 0 aliphatic carbocycles. The van der Waals surface area contributed by atoms with Crippen molar-refractivity contribution in [2.75, 3.05) is 13.2 Å². The van der Waals surface area contributed by atoms with Gasteiger partial charge in [0.15, 0.2) is 0 Å². The van der Waals surface area contributed by atoms with Crippen LogP contribution in [0.2, 0.25) is 0 Å². The van der Waals surface area contributed by atoms with Crippen molar-refractivity contribution in [1.82, 2.24) is 5.06 Å². The number of hydrogen-bond donors (Lipinski definition) is 0. The summed E-state index contributed by atoms with van der Waals surface area (Å²) < 4.78 is 0. The predicted octanol–water partition coefficient (Wildman–Crippen LogP) is 1.69. The molecular weight excluding hydrogens is 166 g/mol. The number of rotatable bonds is 7. The molecule has 0 aliphatic rings. The molecule has 13 heavy (non-hydrogen) atoms. The fourth-order valence-electron chi connectivity index (χ4n) is 0.712. The Morgan fingerprint density at radius 1 is 1.23 bits per heavy atom. The Hall–Kier alpha value is -1.35. The molecular formula is C10H15NO2. The lowest BCUT2D eigenvalue weighted by Gasteiger charge is -2.18. The zero-order valence-electron chi connectivity index (χ0n) is 7.74. The number of hydrogen-bond acceptors (Lipinski definition) is 2. The van der Waals surface area contributed by atoms with Gasteiger partial charge in [0.2, 0.25) is 5.91 Å². The fourth-order valence-corrected chi connectivity index (χ4v) is 0.712. The average molecular weight is 181 g/mol. The summed E-state index contributed by atoms with van der Waals surface area (Å²) in [7, 11) is 0. The number of amides is 1. The zero-order valence-corrected chi connectivity index (χ0v) is 7.74. The molecule has 3 heteroatoms. The average Bonchev–Trinajstić information content (AvgIpc) is 2.12. The summed E-state index contributed by atoms with van der Waals surface area (Å²) in [6.07, 6.45) is 4.99. The number of carbonyl (C=O) groups is 1. The lowest BCUT2D eigenvalue weighted by molar-refractivity contribution is -0.178. The Balaban J connectivity index is 4.04. The van der Waals surface area contributed by atoms with Crippen LogP contribution in [-0.4, -0.2) is 24.1 Å². The molecule has 0 spiro atoms. The summed E-state index contributed by atoms with van der Waals surface area (Å²) in [6.45, 7) is 11.2. The van der Waals surface area contributed by atoms with Crippen LogP contribution in [0, 0.1) is 0 Å². The van der Waals surface area contributed by atoms with Crippen LogP contribution >= 0.6 is 0 Å². The van der Waals surface area contributed by atoms with Gasteiger partial charge in [-0.15, -0.1) is 19.7 Å². The molecule has 0 aliphatic heterocycles. The Morgan fingerprint density at radius 3 is 2.38 bits per heavy atom. The van der Waals surface area contributed by atoms with E-state index in [1.54, 1.807) is 12.2 Å². The molecule has 0 atom stereocenters. The van der Waals surface area contributed by atoms with Gasteiger partial charge in [-0.2, -0.15) is 0 Å². The van der Waals surface area contributed by atoms with Crippen molar-refractivity contribution in [2.24, 2.45) is 0 Å². The van der Waals surface area contributed by atoms with Crippen LogP contribution in [0.3, 0.4) is 0 Å².